The van der Waals surface area contributed by atoms with Gasteiger partial charge in [0.2, 0.25) is 0 Å². The van der Waals surface area contributed by atoms with E-state index in [2.05, 4.69) is 0 Å². The Balaban J connectivity index is 1.84. The number of hydrogen-bond acceptors (Lipinski definition) is 5. The molecule has 1 aliphatic heterocycles. The molecule has 1 saturated heterocycles. The smallest absolute Gasteiger partial charge is 0.326 e. The number of carbonyl (C=O) groups is 2. The minimum Gasteiger partial charge on any atom is -0.480 e. The van der Waals surface area contributed by atoms with Crippen molar-refractivity contribution in [3.63, 3.8) is 0 Å². The number of furan rings is 1. The topological polar surface area (TPSA) is 70.8 Å². The molecule has 0 bridgehead atoms. The molecule has 5 nitrogen and oxygen atoms in total. The lowest BCUT2D eigenvalue weighted by atomic mass is 10.2. The van der Waals surface area contributed by atoms with E-state index >= 15 is 0 Å². The van der Waals surface area contributed by atoms with E-state index in [1.54, 1.807) is 30.3 Å². The number of thioether (sulfide) groups is 1. The third-order valence-electron chi connectivity index (χ3n) is 3.60. The summed E-state index contributed by atoms with van der Waals surface area (Å²) in [5.41, 5.74) is 0.857. The fourth-order valence-corrected chi connectivity index (χ4v) is 3.78. The molecule has 1 unspecified atom stereocenters. The first-order chi connectivity index (χ1) is 11.9. The van der Waals surface area contributed by atoms with Gasteiger partial charge in [0.1, 0.15) is 21.9 Å². The predicted octanol–water partition coefficient (Wildman–Crippen LogP) is 4.27. The van der Waals surface area contributed by atoms with Gasteiger partial charge in [-0.2, -0.15) is 0 Å². The number of amides is 1. The zero-order valence-electron chi connectivity index (χ0n) is 12.9. The van der Waals surface area contributed by atoms with Crippen molar-refractivity contribution in [1.82, 2.24) is 4.90 Å². The van der Waals surface area contributed by atoms with E-state index in [1.165, 1.54) is 6.92 Å². The molecule has 2 aromatic rings. The molecule has 1 N–H and O–H groups in total. The van der Waals surface area contributed by atoms with Crippen LogP contribution >= 0.6 is 35.6 Å². The standard InChI is InChI=1S/C17H12ClNO4S2/c1-9(16(21)22)19-15(20)14(25-17(19)24)8-12-6-7-13(23-12)10-2-4-11(18)5-3-10/h2-9H,1H3,(H,21,22)/b14-8-. The molecule has 1 aromatic carbocycles. The van der Waals surface area contributed by atoms with Crippen molar-refractivity contribution < 1.29 is 19.1 Å². The van der Waals surface area contributed by atoms with Gasteiger partial charge in [0.25, 0.3) is 5.91 Å². The Morgan fingerprint density at radius 1 is 1.32 bits per heavy atom. The average Bonchev–Trinajstić information content (AvgIpc) is 3.13. The van der Waals surface area contributed by atoms with Gasteiger partial charge in [0.05, 0.1) is 4.91 Å². The van der Waals surface area contributed by atoms with Gasteiger partial charge in [-0.15, -0.1) is 0 Å². The molecule has 8 heteroatoms. The van der Waals surface area contributed by atoms with Crippen molar-refractivity contribution in [2.45, 2.75) is 13.0 Å². The van der Waals surface area contributed by atoms with Crippen LogP contribution in [0.15, 0.2) is 45.7 Å². The Morgan fingerprint density at radius 2 is 2.00 bits per heavy atom. The molecule has 1 aromatic heterocycles. The number of benzene rings is 1. The van der Waals surface area contributed by atoms with E-state index in [4.69, 9.17) is 33.3 Å². The fourth-order valence-electron chi connectivity index (χ4n) is 2.25. The number of nitrogens with zero attached hydrogens (tertiary/aromatic N) is 1. The molecule has 1 aliphatic rings. The highest BCUT2D eigenvalue weighted by molar-refractivity contribution is 8.26. The Bertz CT molecular complexity index is 888. The summed E-state index contributed by atoms with van der Waals surface area (Å²) in [4.78, 5) is 24.9. The van der Waals surface area contributed by atoms with Crippen molar-refractivity contribution >= 4 is 57.9 Å². The predicted molar refractivity (Wildman–Crippen MR) is 101 cm³/mol. The van der Waals surface area contributed by atoms with E-state index in [0.29, 0.717) is 21.4 Å². The monoisotopic (exact) mass is 393 g/mol. The first kappa shape index (κ1) is 17.7. The van der Waals surface area contributed by atoms with Gasteiger partial charge in [-0.3, -0.25) is 9.69 Å². The summed E-state index contributed by atoms with van der Waals surface area (Å²) in [6, 6.07) is 9.69. The average molecular weight is 394 g/mol. The number of carbonyl (C=O) groups excluding carboxylic acids is 1. The third-order valence-corrected chi connectivity index (χ3v) is 5.18. The molecule has 0 spiro atoms. The molecule has 1 amide bonds. The van der Waals surface area contributed by atoms with Crippen LogP contribution in [0.5, 0.6) is 0 Å². The van der Waals surface area contributed by atoms with Gasteiger partial charge in [0, 0.05) is 16.7 Å². The first-order valence-corrected chi connectivity index (χ1v) is 8.83. The van der Waals surface area contributed by atoms with Gasteiger partial charge in [-0.25, -0.2) is 4.79 Å². The molecule has 0 radical (unpaired) electrons. The van der Waals surface area contributed by atoms with Crippen LogP contribution in [0.3, 0.4) is 0 Å². The fraction of sp³-hybridized carbons (Fsp3) is 0.118. The van der Waals surface area contributed by atoms with E-state index in [0.717, 1.165) is 22.2 Å². The lowest BCUT2D eigenvalue weighted by Crippen LogP contribution is -2.41. The summed E-state index contributed by atoms with van der Waals surface area (Å²) < 4.78 is 5.95. The van der Waals surface area contributed by atoms with Crippen LogP contribution in [0, 0.1) is 0 Å². The lowest BCUT2D eigenvalue weighted by Gasteiger charge is -2.18. The molecule has 25 heavy (non-hydrogen) atoms. The van der Waals surface area contributed by atoms with Gasteiger partial charge in [0.15, 0.2) is 0 Å². The maximum absolute atomic E-state index is 12.4. The van der Waals surface area contributed by atoms with Crippen molar-refractivity contribution in [2.24, 2.45) is 0 Å². The zero-order valence-corrected chi connectivity index (χ0v) is 15.3. The number of halogens is 1. The number of hydrogen-bond donors (Lipinski definition) is 1. The molecule has 3 rings (SSSR count). The summed E-state index contributed by atoms with van der Waals surface area (Å²) in [6.45, 7) is 1.42. The Kier molecular flexibility index (Phi) is 4.99. The molecule has 2 heterocycles. The molecular formula is C17H12ClNO4S2. The van der Waals surface area contributed by atoms with Crippen molar-refractivity contribution in [1.29, 1.82) is 0 Å². The lowest BCUT2D eigenvalue weighted by molar-refractivity contribution is -0.144. The molecule has 128 valence electrons. The second-order valence-electron chi connectivity index (χ2n) is 5.27. The molecule has 0 saturated carbocycles. The second-order valence-corrected chi connectivity index (χ2v) is 7.39. The quantitative estimate of drug-likeness (QED) is 0.617. The summed E-state index contributed by atoms with van der Waals surface area (Å²) in [7, 11) is 0. The van der Waals surface area contributed by atoms with E-state index in [1.807, 2.05) is 12.1 Å². The first-order valence-electron chi connectivity index (χ1n) is 7.22. The summed E-state index contributed by atoms with van der Waals surface area (Å²) in [5, 5.41) is 9.72. The molecule has 1 atom stereocenters. The maximum Gasteiger partial charge on any atom is 0.326 e. The summed E-state index contributed by atoms with van der Waals surface area (Å²) >= 11 is 12.0. The molecule has 1 fully saturated rings. The van der Waals surface area contributed by atoms with Crippen molar-refractivity contribution in [3.05, 3.63) is 52.1 Å². The van der Waals surface area contributed by atoms with Crippen LogP contribution in [0.4, 0.5) is 0 Å². The van der Waals surface area contributed by atoms with Crippen LogP contribution in [0.1, 0.15) is 12.7 Å². The SMILES string of the molecule is CC(C(=O)O)N1C(=O)/C(=C/c2ccc(-c3ccc(Cl)cc3)o2)SC1=S. The van der Waals surface area contributed by atoms with Crippen molar-refractivity contribution in [2.75, 3.05) is 0 Å². The summed E-state index contributed by atoms with van der Waals surface area (Å²) in [5.74, 6) is -0.430. The number of thiocarbonyl (C=S) groups is 1. The molecule has 0 aliphatic carbocycles. The third kappa shape index (κ3) is 3.63. The van der Waals surface area contributed by atoms with Gasteiger partial charge in [-0.1, -0.05) is 35.6 Å². The van der Waals surface area contributed by atoms with E-state index in [-0.39, 0.29) is 4.32 Å². The number of carboxylic acid groups (broad SMARTS) is 1. The maximum atomic E-state index is 12.4. The van der Waals surface area contributed by atoms with Gasteiger partial charge in [-0.05, 0) is 43.3 Å². The highest BCUT2D eigenvalue weighted by atomic mass is 35.5. The Labute approximate surface area is 158 Å². The number of aliphatic carboxylic acids is 1. The van der Waals surface area contributed by atoms with E-state index in [9.17, 15) is 9.59 Å². The van der Waals surface area contributed by atoms with Crippen LogP contribution < -0.4 is 0 Å². The van der Waals surface area contributed by atoms with E-state index < -0.39 is 17.9 Å². The normalized spacial score (nSPS) is 17.4. The second kappa shape index (κ2) is 7.03. The van der Waals surface area contributed by atoms with Gasteiger partial charge >= 0.3 is 5.97 Å². The minimum atomic E-state index is -1.11. The Hall–Kier alpha value is -2.09. The highest BCUT2D eigenvalue weighted by Gasteiger charge is 2.38. The van der Waals surface area contributed by atoms with Crippen LogP contribution in [-0.4, -0.2) is 32.2 Å². The minimum absolute atomic E-state index is 0.218. The zero-order chi connectivity index (χ0) is 18.1. The molecular weight excluding hydrogens is 382 g/mol. The summed E-state index contributed by atoms with van der Waals surface area (Å²) in [6.07, 6.45) is 1.56. The Morgan fingerprint density at radius 3 is 2.64 bits per heavy atom. The number of carboxylic acids is 1. The van der Waals surface area contributed by atoms with Gasteiger partial charge < -0.3 is 9.52 Å². The van der Waals surface area contributed by atoms with Crippen LogP contribution in [0.25, 0.3) is 17.4 Å². The van der Waals surface area contributed by atoms with Crippen LogP contribution in [0.2, 0.25) is 5.02 Å². The highest BCUT2D eigenvalue weighted by Crippen LogP contribution is 2.35. The van der Waals surface area contributed by atoms with Crippen LogP contribution in [-0.2, 0) is 9.59 Å². The van der Waals surface area contributed by atoms with Crippen molar-refractivity contribution in [3.8, 4) is 11.3 Å². The number of rotatable bonds is 4. The largest absolute Gasteiger partial charge is 0.480 e.